The van der Waals surface area contributed by atoms with E-state index in [-0.39, 0.29) is 0 Å². The minimum atomic E-state index is -0.896. The first-order valence-corrected chi connectivity index (χ1v) is 7.02. The summed E-state index contributed by atoms with van der Waals surface area (Å²) in [5.41, 5.74) is 2.22. The standard InChI is InChI=1S/C15H19NO2S/c1-10-7-5-6-8-11(10)14-16-12(9-18-4)13(19-14)15(2,3)17/h5-8,17H,9H2,1-4H3. The fourth-order valence-corrected chi connectivity index (χ4v) is 3.15. The number of aliphatic hydroxyl groups is 1. The largest absolute Gasteiger partial charge is 0.385 e. The van der Waals surface area contributed by atoms with Gasteiger partial charge >= 0.3 is 0 Å². The van der Waals surface area contributed by atoms with E-state index in [4.69, 9.17) is 4.74 Å². The van der Waals surface area contributed by atoms with E-state index < -0.39 is 5.60 Å². The second-order valence-corrected chi connectivity index (χ2v) is 6.10. The second-order valence-electron chi connectivity index (χ2n) is 5.10. The topological polar surface area (TPSA) is 42.4 Å². The van der Waals surface area contributed by atoms with Gasteiger partial charge in [-0.3, -0.25) is 0 Å². The van der Waals surface area contributed by atoms with Crippen LogP contribution >= 0.6 is 11.3 Å². The first-order valence-electron chi connectivity index (χ1n) is 6.21. The summed E-state index contributed by atoms with van der Waals surface area (Å²) in [6.07, 6.45) is 0. The van der Waals surface area contributed by atoms with Crippen LogP contribution in [0.5, 0.6) is 0 Å². The smallest absolute Gasteiger partial charge is 0.124 e. The first kappa shape index (κ1) is 14.2. The molecular weight excluding hydrogens is 258 g/mol. The molecule has 3 nitrogen and oxygen atoms in total. The van der Waals surface area contributed by atoms with Crippen molar-refractivity contribution in [3.8, 4) is 10.6 Å². The lowest BCUT2D eigenvalue weighted by molar-refractivity contribution is 0.0782. The van der Waals surface area contributed by atoms with Gasteiger partial charge in [-0.15, -0.1) is 11.3 Å². The minimum absolute atomic E-state index is 0.418. The molecule has 0 atom stereocenters. The van der Waals surface area contributed by atoms with Crippen molar-refractivity contribution in [2.75, 3.05) is 7.11 Å². The predicted molar refractivity (Wildman–Crippen MR) is 78.2 cm³/mol. The van der Waals surface area contributed by atoms with Gasteiger partial charge in [0, 0.05) is 12.7 Å². The molecule has 0 bridgehead atoms. The van der Waals surface area contributed by atoms with Gasteiger partial charge in [-0.05, 0) is 26.3 Å². The van der Waals surface area contributed by atoms with Gasteiger partial charge in [0.15, 0.2) is 0 Å². The molecule has 0 aliphatic rings. The van der Waals surface area contributed by atoms with Gasteiger partial charge in [0.05, 0.1) is 22.8 Å². The molecule has 19 heavy (non-hydrogen) atoms. The van der Waals surface area contributed by atoms with Crippen LogP contribution in [0.3, 0.4) is 0 Å². The van der Waals surface area contributed by atoms with Crippen LogP contribution in [0, 0.1) is 6.92 Å². The lowest BCUT2D eigenvalue weighted by Gasteiger charge is -2.16. The Morgan fingerprint density at radius 3 is 2.58 bits per heavy atom. The quantitative estimate of drug-likeness (QED) is 0.930. The van der Waals surface area contributed by atoms with Crippen molar-refractivity contribution in [2.45, 2.75) is 33.0 Å². The molecule has 1 aromatic carbocycles. The Balaban J connectivity index is 2.52. The Morgan fingerprint density at radius 2 is 2.00 bits per heavy atom. The number of benzene rings is 1. The number of nitrogens with zero attached hydrogens (tertiary/aromatic N) is 1. The molecule has 1 aromatic heterocycles. The Bertz CT molecular complexity index is 570. The normalized spacial score (nSPS) is 11.8. The lowest BCUT2D eigenvalue weighted by Crippen LogP contribution is -2.16. The fraction of sp³-hybridized carbons (Fsp3) is 0.400. The molecule has 0 aliphatic heterocycles. The SMILES string of the molecule is COCc1nc(-c2ccccc2C)sc1C(C)(C)O. The van der Waals surface area contributed by atoms with Gasteiger partial charge in [0.1, 0.15) is 5.01 Å². The Kier molecular flexibility index (Phi) is 4.04. The number of methoxy groups -OCH3 is 1. The summed E-state index contributed by atoms with van der Waals surface area (Å²) >= 11 is 1.53. The average Bonchev–Trinajstić information content (AvgIpc) is 2.74. The second kappa shape index (κ2) is 5.41. The van der Waals surface area contributed by atoms with Crippen LogP contribution in [0.4, 0.5) is 0 Å². The summed E-state index contributed by atoms with van der Waals surface area (Å²) in [6.45, 7) is 6.04. The Hall–Kier alpha value is -1.23. The van der Waals surface area contributed by atoms with E-state index in [1.807, 2.05) is 12.1 Å². The van der Waals surface area contributed by atoms with Crippen molar-refractivity contribution in [2.24, 2.45) is 0 Å². The Labute approximate surface area is 117 Å². The zero-order valence-corrected chi connectivity index (χ0v) is 12.5. The number of aryl methyl sites for hydroxylation is 1. The average molecular weight is 277 g/mol. The zero-order chi connectivity index (χ0) is 14.0. The van der Waals surface area contributed by atoms with E-state index in [1.54, 1.807) is 21.0 Å². The highest BCUT2D eigenvalue weighted by molar-refractivity contribution is 7.15. The Morgan fingerprint density at radius 1 is 1.32 bits per heavy atom. The minimum Gasteiger partial charge on any atom is -0.385 e. The van der Waals surface area contributed by atoms with E-state index in [0.717, 1.165) is 21.1 Å². The van der Waals surface area contributed by atoms with Gasteiger partial charge in [0.25, 0.3) is 0 Å². The highest BCUT2D eigenvalue weighted by atomic mass is 32.1. The molecule has 0 fully saturated rings. The molecule has 2 rings (SSSR count). The van der Waals surface area contributed by atoms with Crippen LogP contribution in [0.1, 0.15) is 30.0 Å². The van der Waals surface area contributed by atoms with Crippen LogP contribution < -0.4 is 0 Å². The van der Waals surface area contributed by atoms with E-state index in [2.05, 4.69) is 24.0 Å². The lowest BCUT2D eigenvalue weighted by atomic mass is 10.1. The van der Waals surface area contributed by atoms with Crippen molar-refractivity contribution in [3.05, 3.63) is 40.4 Å². The molecule has 0 spiro atoms. The summed E-state index contributed by atoms with van der Waals surface area (Å²) in [7, 11) is 1.64. The van der Waals surface area contributed by atoms with E-state index in [0.29, 0.717) is 6.61 Å². The molecule has 0 radical (unpaired) electrons. The van der Waals surface area contributed by atoms with Gasteiger partial charge in [0.2, 0.25) is 0 Å². The van der Waals surface area contributed by atoms with Crippen LogP contribution in [0.15, 0.2) is 24.3 Å². The molecule has 1 N–H and O–H groups in total. The van der Waals surface area contributed by atoms with E-state index in [9.17, 15) is 5.11 Å². The number of aromatic nitrogens is 1. The maximum atomic E-state index is 10.2. The fourth-order valence-electron chi connectivity index (χ4n) is 1.99. The number of rotatable bonds is 4. The summed E-state index contributed by atoms with van der Waals surface area (Å²) in [6, 6.07) is 8.14. The summed E-state index contributed by atoms with van der Waals surface area (Å²) in [5, 5.41) is 11.2. The molecule has 0 saturated carbocycles. The molecule has 0 aliphatic carbocycles. The van der Waals surface area contributed by atoms with Crippen LogP contribution in [0.2, 0.25) is 0 Å². The summed E-state index contributed by atoms with van der Waals surface area (Å²) in [4.78, 5) is 5.50. The number of thiazole rings is 1. The molecular formula is C15H19NO2S. The molecule has 0 saturated heterocycles. The number of ether oxygens (including phenoxy) is 1. The van der Waals surface area contributed by atoms with Crippen molar-refractivity contribution < 1.29 is 9.84 Å². The van der Waals surface area contributed by atoms with Crippen LogP contribution in [0.25, 0.3) is 10.6 Å². The number of hydrogen-bond acceptors (Lipinski definition) is 4. The van der Waals surface area contributed by atoms with Gasteiger partial charge in [-0.2, -0.15) is 0 Å². The monoisotopic (exact) mass is 277 g/mol. The van der Waals surface area contributed by atoms with Gasteiger partial charge in [-0.25, -0.2) is 4.98 Å². The van der Waals surface area contributed by atoms with Crippen LogP contribution in [-0.2, 0) is 16.9 Å². The van der Waals surface area contributed by atoms with Crippen molar-refractivity contribution >= 4 is 11.3 Å². The van der Waals surface area contributed by atoms with Crippen LogP contribution in [-0.4, -0.2) is 17.2 Å². The highest BCUT2D eigenvalue weighted by Gasteiger charge is 2.25. The van der Waals surface area contributed by atoms with Gasteiger partial charge in [-0.1, -0.05) is 24.3 Å². The van der Waals surface area contributed by atoms with Gasteiger partial charge < -0.3 is 9.84 Å². The zero-order valence-electron chi connectivity index (χ0n) is 11.7. The first-order chi connectivity index (χ1) is 8.93. The van der Waals surface area contributed by atoms with E-state index >= 15 is 0 Å². The molecule has 2 aromatic rings. The number of hydrogen-bond donors (Lipinski definition) is 1. The molecule has 0 unspecified atom stereocenters. The molecule has 4 heteroatoms. The van der Waals surface area contributed by atoms with E-state index in [1.165, 1.54) is 16.9 Å². The third-order valence-electron chi connectivity index (χ3n) is 2.91. The summed E-state index contributed by atoms with van der Waals surface area (Å²) in [5.74, 6) is 0. The van der Waals surface area contributed by atoms with Crippen molar-refractivity contribution in [1.29, 1.82) is 0 Å². The predicted octanol–water partition coefficient (Wildman–Crippen LogP) is 3.49. The molecule has 102 valence electrons. The third kappa shape index (κ3) is 3.03. The summed E-state index contributed by atoms with van der Waals surface area (Å²) < 4.78 is 5.18. The van der Waals surface area contributed by atoms with Crippen molar-refractivity contribution in [3.63, 3.8) is 0 Å². The molecule has 0 amide bonds. The van der Waals surface area contributed by atoms with Crippen molar-refractivity contribution in [1.82, 2.24) is 4.98 Å². The maximum Gasteiger partial charge on any atom is 0.124 e. The maximum absolute atomic E-state index is 10.2. The third-order valence-corrected chi connectivity index (χ3v) is 4.35. The highest BCUT2D eigenvalue weighted by Crippen LogP contribution is 2.36. The molecule has 1 heterocycles.